The van der Waals surface area contributed by atoms with Crippen molar-refractivity contribution in [2.45, 2.75) is 32.7 Å². The highest BCUT2D eigenvalue weighted by Gasteiger charge is 2.17. The summed E-state index contributed by atoms with van der Waals surface area (Å²) in [5.74, 6) is 0. The number of rotatable bonds is 3. The smallest absolute Gasteiger partial charge is 0.0981 e. The topological polar surface area (TPSA) is 53.6 Å². The van der Waals surface area contributed by atoms with E-state index in [2.05, 4.69) is 53.4 Å². The number of anilines is 1. The highest BCUT2D eigenvalue weighted by molar-refractivity contribution is 7.11. The van der Waals surface area contributed by atoms with Crippen LogP contribution in [0.1, 0.15) is 30.7 Å². The van der Waals surface area contributed by atoms with Crippen molar-refractivity contribution in [1.82, 2.24) is 15.2 Å². The second-order valence-corrected chi connectivity index (χ2v) is 7.02. The van der Waals surface area contributed by atoms with E-state index in [0.29, 0.717) is 0 Å². The molecule has 0 aliphatic heterocycles. The zero-order chi connectivity index (χ0) is 14.2. The molecule has 0 spiro atoms. The molecule has 1 aromatic carbocycles. The monoisotopic (exact) mass is 286 g/mol. The van der Waals surface area contributed by atoms with Crippen molar-refractivity contribution in [2.75, 3.05) is 5.32 Å². The van der Waals surface area contributed by atoms with E-state index >= 15 is 0 Å². The summed E-state index contributed by atoms with van der Waals surface area (Å²) < 4.78 is 0. The van der Waals surface area contributed by atoms with Crippen molar-refractivity contribution in [2.24, 2.45) is 0 Å². The molecule has 0 atom stereocenters. The first-order valence-electron chi connectivity index (χ1n) is 6.64. The molecule has 0 radical (unpaired) electrons. The lowest BCUT2D eigenvalue weighted by Gasteiger charge is -2.13. The molecule has 2 N–H and O–H groups in total. The van der Waals surface area contributed by atoms with Crippen molar-refractivity contribution in [3.05, 3.63) is 40.5 Å². The van der Waals surface area contributed by atoms with Crippen LogP contribution < -0.4 is 5.32 Å². The number of thiazole rings is 1. The van der Waals surface area contributed by atoms with Gasteiger partial charge in [-0.1, -0.05) is 20.8 Å². The Bertz CT molecular complexity index is 721. The molecule has 0 amide bonds. The molecular weight excluding hydrogens is 268 g/mol. The van der Waals surface area contributed by atoms with Crippen molar-refractivity contribution in [3.63, 3.8) is 0 Å². The van der Waals surface area contributed by atoms with Gasteiger partial charge in [-0.05, 0) is 18.2 Å². The van der Waals surface area contributed by atoms with Crippen LogP contribution in [0.3, 0.4) is 0 Å². The molecule has 0 aliphatic rings. The highest BCUT2D eigenvalue weighted by atomic mass is 32.1. The van der Waals surface area contributed by atoms with Crippen molar-refractivity contribution >= 4 is 27.9 Å². The quantitative estimate of drug-likeness (QED) is 0.767. The maximum absolute atomic E-state index is 4.50. The highest BCUT2D eigenvalue weighted by Crippen LogP contribution is 2.27. The number of benzene rings is 1. The van der Waals surface area contributed by atoms with E-state index in [1.165, 1.54) is 9.88 Å². The lowest BCUT2D eigenvalue weighted by Crippen LogP contribution is -2.09. The fourth-order valence-corrected chi connectivity index (χ4v) is 2.89. The Hall–Kier alpha value is -1.88. The number of nitrogens with zero attached hydrogens (tertiary/aromatic N) is 2. The van der Waals surface area contributed by atoms with E-state index in [4.69, 9.17) is 0 Å². The third-order valence-electron chi connectivity index (χ3n) is 3.10. The van der Waals surface area contributed by atoms with Gasteiger partial charge in [-0.2, -0.15) is 5.10 Å². The zero-order valence-electron chi connectivity index (χ0n) is 11.9. The van der Waals surface area contributed by atoms with Gasteiger partial charge in [0.15, 0.2) is 0 Å². The van der Waals surface area contributed by atoms with E-state index in [-0.39, 0.29) is 5.41 Å². The summed E-state index contributed by atoms with van der Waals surface area (Å²) in [6.45, 7) is 7.37. The third kappa shape index (κ3) is 2.67. The predicted octanol–water partition coefficient (Wildman–Crippen LogP) is 3.93. The summed E-state index contributed by atoms with van der Waals surface area (Å²) in [7, 11) is 0. The lowest BCUT2D eigenvalue weighted by molar-refractivity contribution is 0.585. The average Bonchev–Trinajstić information content (AvgIpc) is 3.04. The van der Waals surface area contributed by atoms with Crippen molar-refractivity contribution in [3.8, 4) is 0 Å². The summed E-state index contributed by atoms with van der Waals surface area (Å²) in [5.41, 5.74) is 2.28. The molecule has 4 nitrogen and oxygen atoms in total. The summed E-state index contributed by atoms with van der Waals surface area (Å²) in [4.78, 5) is 5.76. The Morgan fingerprint density at radius 1 is 1.25 bits per heavy atom. The Balaban J connectivity index is 1.71. The summed E-state index contributed by atoms with van der Waals surface area (Å²) in [5, 5.41) is 12.7. The SMILES string of the molecule is CC(C)(C)c1ncc(CNc2ccc3[nH]ncc3c2)s1. The van der Waals surface area contributed by atoms with Gasteiger partial charge in [0.1, 0.15) is 0 Å². The second kappa shape index (κ2) is 4.90. The molecule has 104 valence electrons. The number of aromatic nitrogens is 3. The van der Waals surface area contributed by atoms with Gasteiger partial charge in [0, 0.05) is 27.6 Å². The van der Waals surface area contributed by atoms with E-state index in [1.54, 1.807) is 11.3 Å². The molecule has 0 saturated heterocycles. The van der Waals surface area contributed by atoms with Gasteiger partial charge >= 0.3 is 0 Å². The average molecular weight is 286 g/mol. The molecule has 3 aromatic rings. The summed E-state index contributed by atoms with van der Waals surface area (Å²) in [6.07, 6.45) is 3.81. The number of hydrogen-bond donors (Lipinski definition) is 2. The lowest BCUT2D eigenvalue weighted by atomic mass is 9.98. The third-order valence-corrected chi connectivity index (χ3v) is 4.53. The van der Waals surface area contributed by atoms with Crippen molar-refractivity contribution in [1.29, 1.82) is 0 Å². The van der Waals surface area contributed by atoms with Crippen LogP contribution in [0.5, 0.6) is 0 Å². The first-order valence-corrected chi connectivity index (χ1v) is 7.46. The molecule has 0 bridgehead atoms. The Labute approximate surface area is 122 Å². The molecule has 0 unspecified atom stereocenters. The maximum Gasteiger partial charge on any atom is 0.0981 e. The summed E-state index contributed by atoms with van der Waals surface area (Å²) >= 11 is 1.77. The zero-order valence-corrected chi connectivity index (χ0v) is 12.7. The standard InChI is InChI=1S/C15H18N4S/c1-15(2,3)14-17-9-12(20-14)8-16-11-4-5-13-10(6-11)7-18-19-13/h4-7,9,16H,8H2,1-3H3,(H,18,19). The van der Waals surface area contributed by atoms with Gasteiger partial charge in [0.05, 0.1) is 23.3 Å². The predicted molar refractivity (Wildman–Crippen MR) is 84.2 cm³/mol. The van der Waals surface area contributed by atoms with Crippen molar-refractivity contribution < 1.29 is 0 Å². The maximum atomic E-state index is 4.50. The van der Waals surface area contributed by atoms with Crippen LogP contribution in [0.15, 0.2) is 30.6 Å². The first-order chi connectivity index (χ1) is 9.52. The first kappa shape index (κ1) is 13.1. The van der Waals surface area contributed by atoms with Gasteiger partial charge in [-0.25, -0.2) is 4.98 Å². The molecule has 3 rings (SSSR count). The van der Waals surface area contributed by atoms with E-state index in [1.807, 2.05) is 18.5 Å². The Morgan fingerprint density at radius 2 is 2.10 bits per heavy atom. The Morgan fingerprint density at radius 3 is 2.85 bits per heavy atom. The van der Waals surface area contributed by atoms with Gasteiger partial charge < -0.3 is 5.32 Å². The van der Waals surface area contributed by atoms with E-state index < -0.39 is 0 Å². The van der Waals surface area contributed by atoms with Crippen LogP contribution in [0.25, 0.3) is 10.9 Å². The number of fused-ring (bicyclic) bond motifs is 1. The van der Waals surface area contributed by atoms with Crippen LogP contribution in [0.2, 0.25) is 0 Å². The van der Waals surface area contributed by atoms with Gasteiger partial charge in [0.2, 0.25) is 0 Å². The number of aromatic amines is 1. The van der Waals surface area contributed by atoms with E-state index in [0.717, 1.165) is 23.1 Å². The van der Waals surface area contributed by atoms with Crippen LogP contribution >= 0.6 is 11.3 Å². The van der Waals surface area contributed by atoms with Crippen LogP contribution in [-0.4, -0.2) is 15.2 Å². The number of H-pyrrole nitrogens is 1. The second-order valence-electron chi connectivity index (χ2n) is 5.91. The van der Waals surface area contributed by atoms with Gasteiger partial charge in [-0.15, -0.1) is 11.3 Å². The summed E-state index contributed by atoms with van der Waals surface area (Å²) in [6, 6.07) is 6.20. The molecule has 20 heavy (non-hydrogen) atoms. The fourth-order valence-electron chi connectivity index (χ4n) is 1.98. The molecular formula is C15H18N4S. The molecule has 2 heterocycles. The van der Waals surface area contributed by atoms with Crippen LogP contribution in [0.4, 0.5) is 5.69 Å². The van der Waals surface area contributed by atoms with E-state index in [9.17, 15) is 0 Å². The molecule has 0 saturated carbocycles. The normalized spacial score (nSPS) is 11.9. The fraction of sp³-hybridized carbons (Fsp3) is 0.333. The van der Waals surface area contributed by atoms with Crippen LogP contribution in [0, 0.1) is 0 Å². The largest absolute Gasteiger partial charge is 0.380 e. The molecule has 2 aromatic heterocycles. The number of hydrogen-bond acceptors (Lipinski definition) is 4. The molecule has 0 aliphatic carbocycles. The van der Waals surface area contributed by atoms with Gasteiger partial charge in [0.25, 0.3) is 0 Å². The minimum Gasteiger partial charge on any atom is -0.380 e. The Kier molecular flexibility index (Phi) is 3.22. The number of nitrogens with one attached hydrogen (secondary N) is 2. The minimum atomic E-state index is 0.124. The molecule has 5 heteroatoms. The van der Waals surface area contributed by atoms with Crippen LogP contribution in [-0.2, 0) is 12.0 Å². The van der Waals surface area contributed by atoms with Gasteiger partial charge in [-0.3, -0.25) is 5.10 Å². The molecule has 0 fully saturated rings. The minimum absolute atomic E-state index is 0.124.